The third-order valence-corrected chi connectivity index (χ3v) is 3.13. The summed E-state index contributed by atoms with van der Waals surface area (Å²) in [5.41, 5.74) is 2.70. The molecule has 0 N–H and O–H groups in total. The number of rotatable bonds is 3. The van der Waals surface area contributed by atoms with Crippen molar-refractivity contribution < 1.29 is 0 Å². The smallest absolute Gasteiger partial charge is 0.101 e. The molecule has 2 rings (SSSR count). The lowest BCUT2D eigenvalue weighted by Gasteiger charge is -2.20. The molecule has 0 fully saturated rings. The van der Waals surface area contributed by atoms with Crippen LogP contribution in [0.5, 0.6) is 0 Å². The topological polar surface area (TPSA) is 39.9 Å². The Balaban J connectivity index is 2.26. The van der Waals surface area contributed by atoms with Gasteiger partial charge in [0.15, 0.2) is 0 Å². The summed E-state index contributed by atoms with van der Waals surface area (Å²) in [7, 11) is 1.97. The van der Waals surface area contributed by atoms with E-state index in [9.17, 15) is 0 Å². The second-order valence-corrected chi connectivity index (χ2v) is 4.91. The van der Waals surface area contributed by atoms with Gasteiger partial charge in [-0.05, 0) is 29.8 Å². The first-order valence-electron chi connectivity index (χ1n) is 5.50. The molecule has 0 amide bonds. The van der Waals surface area contributed by atoms with E-state index in [-0.39, 0.29) is 0 Å². The van der Waals surface area contributed by atoms with E-state index in [1.54, 1.807) is 6.20 Å². The molecule has 2 aromatic rings. The zero-order valence-electron chi connectivity index (χ0n) is 9.97. The molecule has 1 aromatic carbocycles. The normalized spacial score (nSPS) is 9.83. The average molecular weight is 302 g/mol. The van der Waals surface area contributed by atoms with Gasteiger partial charge in [0.25, 0.3) is 0 Å². The summed E-state index contributed by atoms with van der Waals surface area (Å²) >= 11 is 3.43. The highest BCUT2D eigenvalue weighted by molar-refractivity contribution is 9.10. The minimum atomic E-state index is 0.671. The molecular weight excluding hydrogens is 290 g/mol. The van der Waals surface area contributed by atoms with Crippen molar-refractivity contribution in [3.8, 4) is 6.07 Å². The number of nitriles is 1. The Bertz CT molecular complexity index is 575. The van der Waals surface area contributed by atoms with Gasteiger partial charge in [-0.15, -0.1) is 0 Å². The lowest BCUT2D eigenvalue weighted by Crippen LogP contribution is -2.17. The maximum Gasteiger partial charge on any atom is 0.101 e. The molecule has 0 saturated carbocycles. The molecule has 4 heteroatoms. The number of pyridine rings is 1. The van der Waals surface area contributed by atoms with Crippen LogP contribution in [0.15, 0.2) is 47.2 Å². The lowest BCUT2D eigenvalue weighted by atomic mass is 10.1. The van der Waals surface area contributed by atoms with E-state index in [4.69, 9.17) is 5.26 Å². The summed E-state index contributed by atoms with van der Waals surface area (Å²) in [4.78, 5) is 6.13. The van der Waals surface area contributed by atoms with Crippen LogP contribution in [0.2, 0.25) is 0 Å². The maximum absolute atomic E-state index is 9.12. The molecule has 0 aliphatic heterocycles. The Kier molecular flexibility index (Phi) is 3.96. The molecule has 1 aromatic heterocycles. The molecule has 0 aliphatic rings. The van der Waals surface area contributed by atoms with Crippen molar-refractivity contribution in [2.75, 3.05) is 11.9 Å². The Morgan fingerprint density at radius 2 is 2.22 bits per heavy atom. The fourth-order valence-corrected chi connectivity index (χ4v) is 2.11. The van der Waals surface area contributed by atoms with Crippen LogP contribution in [0.1, 0.15) is 11.1 Å². The van der Waals surface area contributed by atoms with Crippen LogP contribution in [0.3, 0.4) is 0 Å². The fourth-order valence-electron chi connectivity index (χ4n) is 1.77. The third kappa shape index (κ3) is 2.88. The molecule has 0 radical (unpaired) electrons. The number of aromatic nitrogens is 1. The van der Waals surface area contributed by atoms with E-state index >= 15 is 0 Å². The standard InChI is InChI=1S/C14H12BrN3/c1-18(10-11-3-2-6-17-9-11)14-7-13(15)5-4-12(14)8-16/h2-7,9H,10H2,1H3. The predicted molar refractivity (Wildman–Crippen MR) is 75.2 cm³/mol. The van der Waals surface area contributed by atoms with Gasteiger partial charge >= 0.3 is 0 Å². The highest BCUT2D eigenvalue weighted by atomic mass is 79.9. The molecule has 3 nitrogen and oxygen atoms in total. The van der Waals surface area contributed by atoms with Crippen LogP contribution >= 0.6 is 15.9 Å². The van der Waals surface area contributed by atoms with Gasteiger partial charge in [-0.2, -0.15) is 5.26 Å². The monoisotopic (exact) mass is 301 g/mol. The van der Waals surface area contributed by atoms with E-state index < -0.39 is 0 Å². The largest absolute Gasteiger partial charge is 0.369 e. The van der Waals surface area contributed by atoms with Crippen LogP contribution in [-0.4, -0.2) is 12.0 Å². The van der Waals surface area contributed by atoms with Gasteiger partial charge in [-0.1, -0.05) is 22.0 Å². The molecule has 0 spiro atoms. The molecule has 18 heavy (non-hydrogen) atoms. The van der Waals surface area contributed by atoms with Gasteiger partial charge in [0, 0.05) is 30.5 Å². The Hall–Kier alpha value is -1.86. The minimum Gasteiger partial charge on any atom is -0.369 e. The Morgan fingerprint density at radius 1 is 1.39 bits per heavy atom. The molecule has 0 atom stereocenters. The van der Waals surface area contributed by atoms with E-state index in [0.717, 1.165) is 22.3 Å². The van der Waals surface area contributed by atoms with Crippen molar-refractivity contribution in [1.82, 2.24) is 4.98 Å². The zero-order valence-corrected chi connectivity index (χ0v) is 11.6. The van der Waals surface area contributed by atoms with Crippen LogP contribution in [0.4, 0.5) is 5.69 Å². The summed E-state index contributed by atoms with van der Waals surface area (Å²) in [6.07, 6.45) is 3.59. The van der Waals surface area contributed by atoms with Crippen molar-refractivity contribution in [1.29, 1.82) is 5.26 Å². The summed E-state index contributed by atoms with van der Waals surface area (Å²) < 4.78 is 0.967. The van der Waals surface area contributed by atoms with Gasteiger partial charge in [0.2, 0.25) is 0 Å². The Labute approximate surface area is 115 Å². The molecule has 1 heterocycles. The van der Waals surface area contributed by atoms with Gasteiger partial charge in [0.1, 0.15) is 6.07 Å². The van der Waals surface area contributed by atoms with Crippen LogP contribution in [0.25, 0.3) is 0 Å². The maximum atomic E-state index is 9.12. The first-order chi connectivity index (χ1) is 8.70. The van der Waals surface area contributed by atoms with Gasteiger partial charge in [-0.25, -0.2) is 0 Å². The van der Waals surface area contributed by atoms with Gasteiger partial charge < -0.3 is 4.90 Å². The summed E-state index contributed by atoms with van der Waals surface area (Å²) in [5.74, 6) is 0. The number of hydrogen-bond donors (Lipinski definition) is 0. The van der Waals surface area contributed by atoms with Crippen LogP contribution < -0.4 is 4.90 Å². The minimum absolute atomic E-state index is 0.671. The van der Waals surface area contributed by atoms with Crippen LogP contribution in [-0.2, 0) is 6.54 Å². The number of halogens is 1. The molecular formula is C14H12BrN3. The van der Waals surface area contributed by atoms with Crippen molar-refractivity contribution in [2.24, 2.45) is 0 Å². The molecule has 0 saturated heterocycles. The highest BCUT2D eigenvalue weighted by Crippen LogP contribution is 2.24. The zero-order chi connectivity index (χ0) is 13.0. The summed E-state index contributed by atoms with van der Waals surface area (Å²) in [6.45, 7) is 0.721. The average Bonchev–Trinajstić information content (AvgIpc) is 2.40. The first-order valence-corrected chi connectivity index (χ1v) is 6.29. The van der Waals surface area contributed by atoms with Gasteiger partial charge in [0.05, 0.1) is 11.3 Å². The van der Waals surface area contributed by atoms with Crippen LogP contribution in [0, 0.1) is 11.3 Å². The van der Waals surface area contributed by atoms with E-state index in [2.05, 4.69) is 27.0 Å². The number of nitrogens with zero attached hydrogens (tertiary/aromatic N) is 3. The lowest BCUT2D eigenvalue weighted by molar-refractivity contribution is 0.912. The first kappa shape index (κ1) is 12.6. The number of anilines is 1. The summed E-state index contributed by atoms with van der Waals surface area (Å²) in [5, 5.41) is 9.12. The fraction of sp³-hybridized carbons (Fsp3) is 0.143. The van der Waals surface area contributed by atoms with Crippen molar-refractivity contribution in [3.63, 3.8) is 0 Å². The Morgan fingerprint density at radius 3 is 2.89 bits per heavy atom. The molecule has 90 valence electrons. The van der Waals surface area contributed by atoms with Crippen molar-refractivity contribution in [3.05, 3.63) is 58.3 Å². The quantitative estimate of drug-likeness (QED) is 0.873. The SMILES string of the molecule is CN(Cc1cccnc1)c1cc(Br)ccc1C#N. The molecule has 0 bridgehead atoms. The number of benzene rings is 1. The molecule has 0 aliphatic carbocycles. The van der Waals surface area contributed by atoms with Crippen molar-refractivity contribution in [2.45, 2.75) is 6.54 Å². The van der Waals surface area contributed by atoms with E-state index in [0.29, 0.717) is 5.56 Å². The third-order valence-electron chi connectivity index (χ3n) is 2.63. The van der Waals surface area contributed by atoms with Crippen molar-refractivity contribution >= 4 is 21.6 Å². The second-order valence-electron chi connectivity index (χ2n) is 3.99. The highest BCUT2D eigenvalue weighted by Gasteiger charge is 2.08. The molecule has 0 unspecified atom stereocenters. The predicted octanol–water partition coefficient (Wildman–Crippen LogP) is 3.35. The number of hydrogen-bond acceptors (Lipinski definition) is 3. The van der Waals surface area contributed by atoms with E-state index in [1.165, 1.54) is 0 Å². The van der Waals surface area contributed by atoms with E-state index in [1.807, 2.05) is 48.5 Å². The van der Waals surface area contributed by atoms with Gasteiger partial charge in [-0.3, -0.25) is 4.98 Å². The summed E-state index contributed by atoms with van der Waals surface area (Å²) in [6, 6.07) is 11.8. The second kappa shape index (κ2) is 5.65.